The van der Waals surface area contributed by atoms with Crippen molar-refractivity contribution in [1.82, 2.24) is 9.97 Å². The number of rotatable bonds is 7. The molecule has 0 fully saturated rings. The Bertz CT molecular complexity index is 462. The van der Waals surface area contributed by atoms with Gasteiger partial charge in [0.05, 0.1) is 10.2 Å². The van der Waals surface area contributed by atoms with Crippen LogP contribution in [0.3, 0.4) is 0 Å². The average Bonchev–Trinajstić information content (AvgIpc) is 2.35. The minimum Gasteiger partial charge on any atom is -0.367 e. The molecule has 1 aromatic heterocycles. The lowest BCUT2D eigenvalue weighted by Crippen LogP contribution is -2.32. The van der Waals surface area contributed by atoms with E-state index in [1.165, 1.54) is 0 Å². The third-order valence-electron chi connectivity index (χ3n) is 2.26. The first-order chi connectivity index (χ1) is 9.27. The molecule has 20 heavy (non-hydrogen) atoms. The van der Waals surface area contributed by atoms with Crippen molar-refractivity contribution >= 4 is 27.5 Å². The van der Waals surface area contributed by atoms with Crippen LogP contribution in [0.1, 0.15) is 24.9 Å². The number of aryl methyl sites for hydroxylation is 1. The van der Waals surface area contributed by atoms with Crippen LogP contribution in [-0.4, -0.2) is 28.9 Å². The zero-order valence-corrected chi connectivity index (χ0v) is 12.8. The molecule has 0 aliphatic heterocycles. The third-order valence-corrected chi connectivity index (χ3v) is 3.59. The smallest absolute Gasteiger partial charge is 0.330 e. The van der Waals surface area contributed by atoms with Gasteiger partial charge in [-0.2, -0.15) is 8.78 Å². The van der Waals surface area contributed by atoms with Gasteiger partial charge >= 0.3 is 12.3 Å². The summed E-state index contributed by atoms with van der Waals surface area (Å²) in [5, 5.41) is 0.127. The van der Waals surface area contributed by atoms with Crippen molar-refractivity contribution in [2.45, 2.75) is 38.7 Å². The van der Waals surface area contributed by atoms with E-state index in [1.807, 2.05) is 6.92 Å². The fourth-order valence-electron chi connectivity index (χ4n) is 1.32. The molecule has 9 heteroatoms. The molecule has 0 bridgehead atoms. The van der Waals surface area contributed by atoms with Gasteiger partial charge < -0.3 is 4.74 Å². The summed E-state index contributed by atoms with van der Waals surface area (Å²) in [4.78, 5) is 7.92. The van der Waals surface area contributed by atoms with Crippen LogP contribution in [0.25, 0.3) is 0 Å². The summed E-state index contributed by atoms with van der Waals surface area (Å²) in [6, 6.07) is 0. The zero-order chi connectivity index (χ0) is 15.3. The van der Waals surface area contributed by atoms with E-state index in [9.17, 15) is 17.6 Å². The van der Waals surface area contributed by atoms with Crippen molar-refractivity contribution in [2.75, 3.05) is 6.61 Å². The topological polar surface area (TPSA) is 35.0 Å². The molecule has 0 atom stereocenters. The number of hydrogen-bond donors (Lipinski definition) is 0. The number of nitrogens with zero attached hydrogens (tertiary/aromatic N) is 2. The predicted octanol–water partition coefficient (Wildman–Crippen LogP) is 4.26. The van der Waals surface area contributed by atoms with E-state index in [1.54, 1.807) is 0 Å². The largest absolute Gasteiger partial charge is 0.367 e. The van der Waals surface area contributed by atoms with Gasteiger partial charge in [-0.3, -0.25) is 0 Å². The number of halogens is 6. The van der Waals surface area contributed by atoms with Gasteiger partial charge in [0.25, 0.3) is 0 Å². The molecule has 0 saturated carbocycles. The molecular weight excluding hydrogens is 367 g/mol. The molecule has 3 nitrogen and oxygen atoms in total. The lowest BCUT2D eigenvalue weighted by atomic mass is 10.2. The Morgan fingerprint density at radius 3 is 2.55 bits per heavy atom. The van der Waals surface area contributed by atoms with Crippen molar-refractivity contribution in [3.8, 4) is 0 Å². The Hall–Kier alpha value is -0.470. The first-order valence-electron chi connectivity index (χ1n) is 5.72. The summed E-state index contributed by atoms with van der Waals surface area (Å²) < 4.78 is 54.2. The van der Waals surface area contributed by atoms with E-state index in [0.29, 0.717) is 16.6 Å². The van der Waals surface area contributed by atoms with Gasteiger partial charge in [-0.25, -0.2) is 18.7 Å². The second-order valence-corrected chi connectivity index (χ2v) is 5.15. The third kappa shape index (κ3) is 4.82. The minimum absolute atomic E-state index is 0.0757. The van der Waals surface area contributed by atoms with Gasteiger partial charge in [0, 0.05) is 0 Å². The molecule has 0 saturated heterocycles. The highest BCUT2D eigenvalue weighted by Gasteiger charge is 2.41. The number of alkyl halides is 4. The lowest BCUT2D eigenvalue weighted by molar-refractivity contribution is -0.168. The maximum atomic E-state index is 12.6. The Morgan fingerprint density at radius 1 is 1.35 bits per heavy atom. The predicted molar refractivity (Wildman–Crippen MR) is 69.3 cm³/mol. The first-order valence-corrected chi connectivity index (χ1v) is 6.89. The Balaban J connectivity index is 2.69. The van der Waals surface area contributed by atoms with Crippen LogP contribution in [0.5, 0.6) is 0 Å². The molecular formula is C11H12BrClF4N2O. The lowest BCUT2D eigenvalue weighted by Gasteiger charge is -2.15. The van der Waals surface area contributed by atoms with Crippen LogP contribution in [0, 0.1) is 0 Å². The van der Waals surface area contributed by atoms with Gasteiger partial charge in [-0.05, 0) is 22.4 Å². The van der Waals surface area contributed by atoms with Crippen molar-refractivity contribution in [1.29, 1.82) is 0 Å². The summed E-state index contributed by atoms with van der Waals surface area (Å²) in [6.07, 6.45) is -2.36. The van der Waals surface area contributed by atoms with Gasteiger partial charge in [-0.1, -0.05) is 24.9 Å². The zero-order valence-electron chi connectivity index (χ0n) is 10.5. The Morgan fingerprint density at radius 2 is 2.00 bits per heavy atom. The second kappa shape index (κ2) is 7.51. The van der Waals surface area contributed by atoms with E-state index in [-0.39, 0.29) is 11.0 Å². The molecule has 0 unspecified atom stereocenters. The van der Waals surface area contributed by atoms with E-state index in [2.05, 4.69) is 30.6 Å². The molecule has 0 aliphatic carbocycles. The maximum Gasteiger partial charge on any atom is 0.330 e. The normalized spacial score (nSPS) is 12.2. The molecule has 1 aromatic rings. The molecule has 0 N–H and O–H groups in total. The van der Waals surface area contributed by atoms with Gasteiger partial charge in [0.1, 0.15) is 18.4 Å². The number of hydrogen-bond acceptors (Lipinski definition) is 3. The highest BCUT2D eigenvalue weighted by molar-refractivity contribution is 9.10. The van der Waals surface area contributed by atoms with Crippen molar-refractivity contribution in [3.63, 3.8) is 0 Å². The molecule has 0 aliphatic rings. The molecule has 0 radical (unpaired) electrons. The second-order valence-electron chi connectivity index (χ2n) is 4.00. The Kier molecular flexibility index (Phi) is 6.60. The summed E-state index contributed by atoms with van der Waals surface area (Å²) in [5.74, 6) is -4.11. The van der Waals surface area contributed by atoms with Crippen LogP contribution < -0.4 is 0 Å². The van der Waals surface area contributed by atoms with E-state index >= 15 is 0 Å². The summed E-state index contributed by atoms with van der Waals surface area (Å²) >= 11 is 9.07. The quantitative estimate of drug-likeness (QED) is 0.524. The summed E-state index contributed by atoms with van der Waals surface area (Å²) in [6.45, 7) is 0.124. The minimum atomic E-state index is -4.19. The molecule has 1 rings (SSSR count). The van der Waals surface area contributed by atoms with Crippen LogP contribution in [0.15, 0.2) is 4.47 Å². The molecule has 0 aromatic carbocycles. The molecule has 0 spiro atoms. The van der Waals surface area contributed by atoms with Crippen LogP contribution in [-0.2, 0) is 17.8 Å². The van der Waals surface area contributed by atoms with Crippen LogP contribution in [0.2, 0.25) is 5.15 Å². The van der Waals surface area contributed by atoms with Crippen molar-refractivity contribution < 1.29 is 22.3 Å². The summed E-state index contributed by atoms with van der Waals surface area (Å²) in [7, 11) is 0. The molecule has 1 heterocycles. The number of aromatic nitrogens is 2. The Labute approximate surface area is 126 Å². The SMILES string of the molecule is CCCc1nc(COCC(F)(F)C(F)F)nc(Cl)c1Br. The van der Waals surface area contributed by atoms with Crippen LogP contribution >= 0.6 is 27.5 Å². The molecule has 114 valence electrons. The highest BCUT2D eigenvalue weighted by atomic mass is 79.9. The molecule has 0 amide bonds. The monoisotopic (exact) mass is 378 g/mol. The standard InChI is InChI=1S/C11H12BrClF4N2O/c1-2-3-6-8(12)9(13)19-7(18-6)4-20-5-11(16,17)10(14)15/h10H,2-5H2,1H3. The average molecular weight is 380 g/mol. The first kappa shape index (κ1) is 17.6. The van der Waals surface area contributed by atoms with E-state index in [4.69, 9.17) is 11.6 Å². The van der Waals surface area contributed by atoms with Gasteiger partial charge in [0.2, 0.25) is 0 Å². The van der Waals surface area contributed by atoms with Gasteiger partial charge in [-0.15, -0.1) is 0 Å². The fourth-order valence-corrected chi connectivity index (χ4v) is 1.90. The number of ether oxygens (including phenoxy) is 1. The maximum absolute atomic E-state index is 12.6. The fraction of sp³-hybridized carbons (Fsp3) is 0.636. The van der Waals surface area contributed by atoms with Crippen molar-refractivity contribution in [3.05, 3.63) is 21.1 Å². The van der Waals surface area contributed by atoms with E-state index < -0.39 is 25.6 Å². The van der Waals surface area contributed by atoms with E-state index in [0.717, 1.165) is 6.42 Å². The summed E-state index contributed by atoms with van der Waals surface area (Å²) in [5.41, 5.74) is 0.617. The van der Waals surface area contributed by atoms with Gasteiger partial charge in [0.15, 0.2) is 5.82 Å². The van der Waals surface area contributed by atoms with Crippen molar-refractivity contribution in [2.24, 2.45) is 0 Å². The highest BCUT2D eigenvalue weighted by Crippen LogP contribution is 2.26. The van der Waals surface area contributed by atoms with Crippen LogP contribution in [0.4, 0.5) is 17.6 Å².